The summed E-state index contributed by atoms with van der Waals surface area (Å²) in [5.41, 5.74) is 1.71. The number of anilines is 1. The standard InChI is InChI=1S/C19H21F3N4O2/c1-13-11-15(24-18(23-13)19(20,21)22)17(27)25(2)12-14-5-3-4-6-16(14)26-7-9-28-10-8-26/h3-6,11H,7-10,12H2,1-2H3. The Morgan fingerprint density at radius 1 is 1.21 bits per heavy atom. The Labute approximate surface area is 160 Å². The SMILES string of the molecule is Cc1cc(C(=O)N(C)Cc2ccccc2N2CCOCC2)nc(C(F)(F)F)n1. The zero-order chi connectivity index (χ0) is 20.3. The first kappa shape index (κ1) is 20.1. The zero-order valence-corrected chi connectivity index (χ0v) is 15.7. The van der Waals surface area contributed by atoms with Crippen LogP contribution in [0.3, 0.4) is 0 Å². The zero-order valence-electron chi connectivity index (χ0n) is 15.7. The highest BCUT2D eigenvalue weighted by Crippen LogP contribution is 2.27. The maximum Gasteiger partial charge on any atom is 0.451 e. The lowest BCUT2D eigenvalue weighted by molar-refractivity contribution is -0.145. The molecule has 1 fully saturated rings. The van der Waals surface area contributed by atoms with Crippen LogP contribution < -0.4 is 4.90 Å². The quantitative estimate of drug-likeness (QED) is 0.798. The molecule has 0 unspecified atom stereocenters. The molecule has 1 aliphatic heterocycles. The molecule has 1 aromatic heterocycles. The van der Waals surface area contributed by atoms with Crippen molar-refractivity contribution in [3.63, 3.8) is 0 Å². The lowest BCUT2D eigenvalue weighted by atomic mass is 10.1. The number of rotatable bonds is 4. The normalized spacial score (nSPS) is 14.8. The Hall–Kier alpha value is -2.68. The number of carbonyl (C=O) groups excluding carboxylic acids is 1. The van der Waals surface area contributed by atoms with E-state index in [1.807, 2.05) is 24.3 Å². The maximum absolute atomic E-state index is 13.0. The van der Waals surface area contributed by atoms with Crippen LogP contribution >= 0.6 is 0 Å². The number of morpholine rings is 1. The Morgan fingerprint density at radius 3 is 2.57 bits per heavy atom. The number of alkyl halides is 3. The summed E-state index contributed by atoms with van der Waals surface area (Å²) >= 11 is 0. The second-order valence-electron chi connectivity index (χ2n) is 6.61. The van der Waals surface area contributed by atoms with E-state index in [1.165, 1.54) is 17.9 Å². The first-order valence-electron chi connectivity index (χ1n) is 8.84. The first-order valence-corrected chi connectivity index (χ1v) is 8.84. The molecule has 3 rings (SSSR count). The average Bonchev–Trinajstić information content (AvgIpc) is 2.67. The third-order valence-electron chi connectivity index (χ3n) is 4.42. The molecule has 1 aromatic carbocycles. The van der Waals surface area contributed by atoms with Gasteiger partial charge in [-0.1, -0.05) is 18.2 Å². The van der Waals surface area contributed by atoms with E-state index in [4.69, 9.17) is 4.74 Å². The van der Waals surface area contributed by atoms with E-state index in [0.717, 1.165) is 24.3 Å². The lowest BCUT2D eigenvalue weighted by Gasteiger charge is -2.31. The number of nitrogens with zero attached hydrogens (tertiary/aromatic N) is 4. The molecule has 1 amide bonds. The van der Waals surface area contributed by atoms with Crippen LogP contribution in [-0.4, -0.2) is 54.1 Å². The molecule has 0 radical (unpaired) electrons. The highest BCUT2D eigenvalue weighted by atomic mass is 19.4. The van der Waals surface area contributed by atoms with E-state index in [-0.39, 0.29) is 17.9 Å². The van der Waals surface area contributed by atoms with Gasteiger partial charge in [0.1, 0.15) is 5.69 Å². The van der Waals surface area contributed by atoms with Gasteiger partial charge in [-0.15, -0.1) is 0 Å². The number of aryl methyl sites for hydroxylation is 1. The minimum absolute atomic E-state index is 0.0905. The Morgan fingerprint density at radius 2 is 1.89 bits per heavy atom. The minimum Gasteiger partial charge on any atom is -0.378 e. The van der Waals surface area contributed by atoms with Crippen molar-refractivity contribution in [2.75, 3.05) is 38.3 Å². The number of hydrogen-bond donors (Lipinski definition) is 0. The molecule has 6 nitrogen and oxygen atoms in total. The van der Waals surface area contributed by atoms with Gasteiger partial charge in [-0.3, -0.25) is 4.79 Å². The first-order chi connectivity index (χ1) is 13.3. The van der Waals surface area contributed by atoms with Gasteiger partial charge in [0.25, 0.3) is 5.91 Å². The lowest BCUT2D eigenvalue weighted by Crippen LogP contribution is -2.37. The van der Waals surface area contributed by atoms with E-state index in [9.17, 15) is 18.0 Å². The Kier molecular flexibility index (Phi) is 5.83. The molecule has 28 heavy (non-hydrogen) atoms. The second kappa shape index (κ2) is 8.14. The van der Waals surface area contributed by atoms with Gasteiger partial charge >= 0.3 is 6.18 Å². The van der Waals surface area contributed by atoms with Gasteiger partial charge in [-0.05, 0) is 24.6 Å². The Bertz CT molecular complexity index is 851. The highest BCUT2D eigenvalue weighted by molar-refractivity contribution is 5.92. The molecule has 0 aliphatic carbocycles. The van der Waals surface area contributed by atoms with Crippen LogP contribution in [0.4, 0.5) is 18.9 Å². The number of aromatic nitrogens is 2. The third-order valence-corrected chi connectivity index (χ3v) is 4.42. The average molecular weight is 394 g/mol. The third kappa shape index (κ3) is 4.59. The van der Waals surface area contributed by atoms with Gasteiger partial charge < -0.3 is 14.5 Å². The smallest absolute Gasteiger partial charge is 0.378 e. The second-order valence-corrected chi connectivity index (χ2v) is 6.61. The number of halogens is 3. The van der Waals surface area contributed by atoms with Crippen molar-refractivity contribution in [3.05, 3.63) is 53.1 Å². The van der Waals surface area contributed by atoms with Crippen LogP contribution in [0.15, 0.2) is 30.3 Å². The topological polar surface area (TPSA) is 58.6 Å². The summed E-state index contributed by atoms with van der Waals surface area (Å²) in [5.74, 6) is -1.90. The number of para-hydroxylation sites is 1. The molecule has 0 bridgehead atoms. The van der Waals surface area contributed by atoms with Gasteiger partial charge in [-0.2, -0.15) is 13.2 Å². The van der Waals surface area contributed by atoms with Crippen molar-refractivity contribution in [1.29, 1.82) is 0 Å². The molecule has 0 saturated carbocycles. The van der Waals surface area contributed by atoms with Crippen molar-refractivity contribution >= 4 is 11.6 Å². The molecular formula is C19H21F3N4O2. The molecule has 0 atom stereocenters. The predicted molar refractivity (Wildman–Crippen MR) is 97.0 cm³/mol. The summed E-state index contributed by atoms with van der Waals surface area (Å²) in [6, 6.07) is 8.92. The summed E-state index contributed by atoms with van der Waals surface area (Å²) in [6.45, 7) is 4.40. The van der Waals surface area contributed by atoms with Crippen molar-refractivity contribution in [3.8, 4) is 0 Å². The van der Waals surface area contributed by atoms with Crippen LogP contribution in [0, 0.1) is 6.92 Å². The van der Waals surface area contributed by atoms with Crippen LogP contribution in [0.5, 0.6) is 0 Å². The van der Waals surface area contributed by atoms with Gasteiger partial charge in [0.2, 0.25) is 5.82 Å². The number of amides is 1. The Balaban J connectivity index is 1.81. The largest absolute Gasteiger partial charge is 0.451 e. The van der Waals surface area contributed by atoms with Crippen LogP contribution in [0.1, 0.15) is 27.6 Å². The van der Waals surface area contributed by atoms with E-state index < -0.39 is 17.9 Å². The summed E-state index contributed by atoms with van der Waals surface area (Å²) in [6.07, 6.45) is -4.71. The predicted octanol–water partition coefficient (Wildman–Crippen LogP) is 2.91. The van der Waals surface area contributed by atoms with Crippen LogP contribution in [-0.2, 0) is 17.5 Å². The van der Waals surface area contributed by atoms with E-state index >= 15 is 0 Å². The molecule has 2 heterocycles. The number of benzene rings is 1. The fraction of sp³-hybridized carbons (Fsp3) is 0.421. The van der Waals surface area contributed by atoms with E-state index in [1.54, 1.807) is 7.05 Å². The van der Waals surface area contributed by atoms with E-state index in [2.05, 4.69) is 14.9 Å². The fourth-order valence-corrected chi connectivity index (χ4v) is 3.09. The molecule has 2 aromatic rings. The van der Waals surface area contributed by atoms with Crippen LogP contribution in [0.25, 0.3) is 0 Å². The highest BCUT2D eigenvalue weighted by Gasteiger charge is 2.36. The minimum atomic E-state index is -4.71. The summed E-state index contributed by atoms with van der Waals surface area (Å²) < 4.78 is 44.2. The van der Waals surface area contributed by atoms with Gasteiger partial charge in [0, 0.05) is 38.1 Å². The molecule has 0 N–H and O–H groups in total. The maximum atomic E-state index is 13.0. The fourth-order valence-electron chi connectivity index (χ4n) is 3.09. The molecule has 1 saturated heterocycles. The van der Waals surface area contributed by atoms with Crippen molar-refractivity contribution < 1.29 is 22.7 Å². The summed E-state index contributed by atoms with van der Waals surface area (Å²) in [4.78, 5) is 23.0. The molecule has 1 aliphatic rings. The van der Waals surface area contributed by atoms with Gasteiger partial charge in [-0.25, -0.2) is 9.97 Å². The molecule has 9 heteroatoms. The summed E-state index contributed by atoms with van der Waals surface area (Å²) in [7, 11) is 1.54. The van der Waals surface area contributed by atoms with E-state index in [0.29, 0.717) is 13.2 Å². The van der Waals surface area contributed by atoms with Crippen molar-refractivity contribution in [1.82, 2.24) is 14.9 Å². The number of hydrogen-bond acceptors (Lipinski definition) is 5. The van der Waals surface area contributed by atoms with Crippen molar-refractivity contribution in [2.24, 2.45) is 0 Å². The molecule has 150 valence electrons. The number of ether oxygens (including phenoxy) is 1. The van der Waals surface area contributed by atoms with Crippen LogP contribution in [0.2, 0.25) is 0 Å². The van der Waals surface area contributed by atoms with Crippen molar-refractivity contribution in [2.45, 2.75) is 19.6 Å². The number of carbonyl (C=O) groups is 1. The molecular weight excluding hydrogens is 373 g/mol. The van der Waals surface area contributed by atoms with Gasteiger partial charge in [0.05, 0.1) is 13.2 Å². The van der Waals surface area contributed by atoms with Gasteiger partial charge in [0.15, 0.2) is 0 Å². The molecule has 0 spiro atoms. The summed E-state index contributed by atoms with van der Waals surface area (Å²) in [5, 5.41) is 0. The monoisotopic (exact) mass is 394 g/mol.